The van der Waals surface area contributed by atoms with E-state index in [1.54, 1.807) is 0 Å². The summed E-state index contributed by atoms with van der Waals surface area (Å²) in [6, 6.07) is 7.60. The molecule has 2 aliphatic rings. The van der Waals surface area contributed by atoms with Gasteiger partial charge in [0.1, 0.15) is 6.17 Å². The Hall–Kier alpha value is -1.51. The molecule has 17 heavy (non-hydrogen) atoms. The van der Waals surface area contributed by atoms with Gasteiger partial charge in [-0.05, 0) is 30.9 Å². The van der Waals surface area contributed by atoms with Gasteiger partial charge >= 0.3 is 0 Å². The second kappa shape index (κ2) is 4.40. The molecule has 0 spiro atoms. The predicted molar refractivity (Wildman–Crippen MR) is 66.1 cm³/mol. The number of rotatable bonds is 1. The van der Waals surface area contributed by atoms with Crippen LogP contribution in [0.15, 0.2) is 24.3 Å². The van der Waals surface area contributed by atoms with Crippen LogP contribution in [0.2, 0.25) is 0 Å². The van der Waals surface area contributed by atoms with Gasteiger partial charge in [-0.3, -0.25) is 10.1 Å². The highest BCUT2D eigenvalue weighted by molar-refractivity contribution is 6.00. The van der Waals surface area contributed by atoms with Gasteiger partial charge in [-0.2, -0.15) is 0 Å². The fourth-order valence-corrected chi connectivity index (χ4v) is 2.85. The molecule has 1 aromatic carbocycles. The first kappa shape index (κ1) is 10.6. The third kappa shape index (κ3) is 2.02. The maximum atomic E-state index is 12.0. The highest BCUT2D eigenvalue weighted by atomic mass is 16.2. The summed E-state index contributed by atoms with van der Waals surface area (Å²) in [5.74, 6) is 0.562. The van der Waals surface area contributed by atoms with E-state index in [9.17, 15) is 4.79 Å². The quantitative estimate of drug-likeness (QED) is 0.790. The number of benzene rings is 1. The van der Waals surface area contributed by atoms with Crippen molar-refractivity contribution in [2.24, 2.45) is 5.92 Å². The summed E-state index contributed by atoms with van der Waals surface area (Å²) in [4.78, 5) is 12.0. The van der Waals surface area contributed by atoms with Gasteiger partial charge in [-0.15, -0.1) is 0 Å². The first-order valence-corrected chi connectivity index (χ1v) is 6.45. The van der Waals surface area contributed by atoms with Gasteiger partial charge in [0.25, 0.3) is 5.91 Å². The van der Waals surface area contributed by atoms with Crippen molar-refractivity contribution >= 4 is 11.6 Å². The summed E-state index contributed by atoms with van der Waals surface area (Å²) in [5.41, 5.74) is 1.56. The van der Waals surface area contributed by atoms with E-state index in [0.29, 0.717) is 11.5 Å². The lowest BCUT2D eigenvalue weighted by atomic mass is 9.86. The molecule has 1 radical (unpaired) electrons. The lowest BCUT2D eigenvalue weighted by molar-refractivity contribution is 0.0888. The highest BCUT2D eigenvalue weighted by Gasteiger charge is 2.31. The van der Waals surface area contributed by atoms with Crippen molar-refractivity contribution in [3.63, 3.8) is 0 Å². The Morgan fingerprint density at radius 1 is 1.12 bits per heavy atom. The lowest BCUT2D eigenvalue weighted by Gasteiger charge is -2.33. The summed E-state index contributed by atoms with van der Waals surface area (Å²) in [5, 5.41) is 7.72. The van der Waals surface area contributed by atoms with Crippen molar-refractivity contribution in [1.29, 1.82) is 0 Å². The van der Waals surface area contributed by atoms with Crippen LogP contribution in [0, 0.1) is 5.92 Å². The molecule has 1 atom stereocenters. The van der Waals surface area contributed by atoms with E-state index >= 15 is 0 Å². The van der Waals surface area contributed by atoms with Crippen LogP contribution in [-0.4, -0.2) is 12.1 Å². The average Bonchev–Trinajstić information content (AvgIpc) is 2.40. The summed E-state index contributed by atoms with van der Waals surface area (Å²) in [7, 11) is 0. The average molecular weight is 229 g/mol. The second-order valence-electron chi connectivity index (χ2n) is 4.96. The van der Waals surface area contributed by atoms with Crippen LogP contribution < -0.4 is 10.6 Å². The Kier molecular flexibility index (Phi) is 2.75. The van der Waals surface area contributed by atoms with E-state index in [1.807, 2.05) is 24.3 Å². The number of nitrogens with zero attached hydrogens (tertiary/aromatic N) is 1. The molecule has 0 saturated heterocycles. The topological polar surface area (TPSA) is 43.2 Å². The van der Waals surface area contributed by atoms with Crippen molar-refractivity contribution in [1.82, 2.24) is 10.6 Å². The number of carbonyl (C=O) groups is 1. The molecule has 3 heteroatoms. The number of carbonyl (C=O) groups excluding carboxylic acids is 1. The van der Waals surface area contributed by atoms with Gasteiger partial charge in [-0.1, -0.05) is 31.4 Å². The van der Waals surface area contributed by atoms with Crippen molar-refractivity contribution in [2.45, 2.75) is 38.3 Å². The lowest BCUT2D eigenvalue weighted by Crippen LogP contribution is -2.49. The molecule has 1 saturated carbocycles. The number of nitrogens with one attached hydrogen (secondary N) is 1. The largest absolute Gasteiger partial charge is 0.330 e. The van der Waals surface area contributed by atoms with Crippen molar-refractivity contribution in [3.05, 3.63) is 29.8 Å². The maximum Gasteiger partial charge on any atom is 0.255 e. The third-order valence-electron chi connectivity index (χ3n) is 3.80. The van der Waals surface area contributed by atoms with Crippen molar-refractivity contribution < 1.29 is 4.79 Å². The molecule has 1 aromatic rings. The van der Waals surface area contributed by atoms with Crippen LogP contribution in [-0.2, 0) is 0 Å². The van der Waals surface area contributed by atoms with E-state index < -0.39 is 0 Å². The Morgan fingerprint density at radius 2 is 1.88 bits per heavy atom. The summed E-state index contributed by atoms with van der Waals surface area (Å²) in [6.07, 6.45) is 6.25. The molecular formula is C14H17N2O. The zero-order valence-electron chi connectivity index (χ0n) is 9.86. The fraction of sp³-hybridized carbons (Fsp3) is 0.500. The molecule has 3 rings (SSSR count). The highest BCUT2D eigenvalue weighted by Crippen LogP contribution is 2.30. The van der Waals surface area contributed by atoms with Gasteiger partial charge in [0.05, 0.1) is 11.3 Å². The zero-order chi connectivity index (χ0) is 11.7. The molecule has 1 aliphatic heterocycles. The normalized spacial score (nSPS) is 24.7. The Bertz CT molecular complexity index is 424. The molecule has 1 N–H and O–H groups in total. The zero-order valence-corrected chi connectivity index (χ0v) is 9.86. The van der Waals surface area contributed by atoms with Gasteiger partial charge in [-0.25, -0.2) is 0 Å². The number of amides is 1. The first-order valence-electron chi connectivity index (χ1n) is 6.45. The van der Waals surface area contributed by atoms with Gasteiger partial charge in [0, 0.05) is 0 Å². The monoisotopic (exact) mass is 229 g/mol. The molecule has 1 fully saturated rings. The van der Waals surface area contributed by atoms with Gasteiger partial charge in [0.15, 0.2) is 0 Å². The van der Waals surface area contributed by atoms with Gasteiger partial charge in [0.2, 0.25) is 0 Å². The minimum Gasteiger partial charge on any atom is -0.330 e. The standard InChI is InChI=1S/C14H17N2O/c17-14-11-8-4-5-9-12(11)15-13(16-14)10-6-2-1-3-7-10/h4-5,8-10,13H,1-3,6-7H2,(H,16,17). The summed E-state index contributed by atoms with van der Waals surface area (Å²) >= 11 is 0. The fourth-order valence-electron chi connectivity index (χ4n) is 2.85. The molecule has 3 nitrogen and oxygen atoms in total. The van der Waals surface area contributed by atoms with Crippen LogP contribution in [0.25, 0.3) is 0 Å². The van der Waals surface area contributed by atoms with Crippen molar-refractivity contribution in [3.8, 4) is 0 Å². The summed E-state index contributed by atoms with van der Waals surface area (Å²) in [6.45, 7) is 0. The Morgan fingerprint density at radius 3 is 2.71 bits per heavy atom. The van der Waals surface area contributed by atoms with Crippen LogP contribution in [0.5, 0.6) is 0 Å². The SMILES string of the molecule is O=C1NC(C2CCCCC2)[N]c2ccccc21. The van der Waals surface area contributed by atoms with E-state index in [-0.39, 0.29) is 12.1 Å². The predicted octanol–water partition coefficient (Wildman–Crippen LogP) is 2.57. The minimum atomic E-state index is -0.00213. The number of hydrogen-bond donors (Lipinski definition) is 1. The Balaban J connectivity index is 1.80. The molecule has 1 unspecified atom stereocenters. The molecular weight excluding hydrogens is 212 g/mol. The van der Waals surface area contributed by atoms with E-state index in [4.69, 9.17) is 0 Å². The van der Waals surface area contributed by atoms with Crippen LogP contribution >= 0.6 is 0 Å². The first-order chi connectivity index (χ1) is 8.34. The van der Waals surface area contributed by atoms with Crippen LogP contribution in [0.4, 0.5) is 5.69 Å². The molecule has 1 heterocycles. The molecule has 1 aliphatic carbocycles. The van der Waals surface area contributed by atoms with Crippen LogP contribution in [0.1, 0.15) is 42.5 Å². The smallest absolute Gasteiger partial charge is 0.255 e. The third-order valence-corrected chi connectivity index (χ3v) is 3.80. The van der Waals surface area contributed by atoms with Crippen molar-refractivity contribution in [2.75, 3.05) is 0 Å². The maximum absolute atomic E-state index is 12.0. The van der Waals surface area contributed by atoms with Gasteiger partial charge < -0.3 is 5.32 Å². The number of para-hydroxylation sites is 1. The van der Waals surface area contributed by atoms with E-state index in [1.165, 1.54) is 32.1 Å². The van der Waals surface area contributed by atoms with E-state index in [0.717, 1.165) is 5.69 Å². The summed E-state index contributed by atoms with van der Waals surface area (Å²) < 4.78 is 0. The molecule has 0 bridgehead atoms. The molecule has 89 valence electrons. The Labute approximate surface area is 102 Å². The molecule has 0 aromatic heterocycles. The van der Waals surface area contributed by atoms with Crippen LogP contribution in [0.3, 0.4) is 0 Å². The number of fused-ring (bicyclic) bond motifs is 1. The second-order valence-corrected chi connectivity index (χ2v) is 4.96. The molecule has 1 amide bonds. The minimum absolute atomic E-state index is 0.00213. The number of hydrogen-bond acceptors (Lipinski definition) is 1. The van der Waals surface area contributed by atoms with E-state index in [2.05, 4.69) is 10.6 Å².